The number of esters is 1. The maximum Gasteiger partial charge on any atom is 0.323 e. The summed E-state index contributed by atoms with van der Waals surface area (Å²) in [5.74, 6) is -0.172. The Labute approximate surface area is 78.6 Å². The van der Waals surface area contributed by atoms with Crippen LogP contribution in [0, 0.1) is 0 Å². The molecule has 0 bridgehead atoms. The van der Waals surface area contributed by atoms with Crippen molar-refractivity contribution < 1.29 is 14.3 Å². The summed E-state index contributed by atoms with van der Waals surface area (Å²) in [6.07, 6.45) is 0.808. The minimum Gasteiger partial charge on any atom is -0.462 e. The van der Waals surface area contributed by atoms with Crippen molar-refractivity contribution in [1.82, 2.24) is 5.32 Å². The third-order valence-electron chi connectivity index (χ3n) is 2.06. The van der Waals surface area contributed by atoms with Gasteiger partial charge in [-0.3, -0.25) is 4.79 Å². The molecule has 13 heavy (non-hydrogen) atoms. The second kappa shape index (κ2) is 4.58. The average Bonchev–Trinajstić information content (AvgIpc) is 2.50. The molecule has 0 amide bonds. The van der Waals surface area contributed by atoms with Gasteiger partial charge in [0.2, 0.25) is 0 Å². The van der Waals surface area contributed by atoms with Crippen LogP contribution in [-0.4, -0.2) is 37.9 Å². The summed E-state index contributed by atoms with van der Waals surface area (Å²) in [4.78, 5) is 11.4. The zero-order valence-corrected chi connectivity index (χ0v) is 8.37. The largest absolute Gasteiger partial charge is 0.462 e. The van der Waals surface area contributed by atoms with Crippen LogP contribution >= 0.6 is 0 Å². The minimum absolute atomic E-state index is 0.0455. The number of carbonyl (C=O) groups is 1. The summed E-state index contributed by atoms with van der Waals surface area (Å²) in [5.41, 5.74) is 0. The van der Waals surface area contributed by atoms with Gasteiger partial charge in [-0.2, -0.15) is 0 Å². The monoisotopic (exact) mass is 187 g/mol. The summed E-state index contributed by atoms with van der Waals surface area (Å²) in [6.45, 7) is 4.43. The molecule has 0 radical (unpaired) electrons. The van der Waals surface area contributed by atoms with E-state index in [1.54, 1.807) is 7.11 Å². The van der Waals surface area contributed by atoms with Crippen LogP contribution in [-0.2, 0) is 14.3 Å². The number of hydrogen-bond donors (Lipinski definition) is 1. The molecule has 1 N–H and O–H groups in total. The molecule has 1 rings (SSSR count). The minimum atomic E-state index is -0.188. The van der Waals surface area contributed by atoms with Crippen LogP contribution in [0.1, 0.15) is 20.3 Å². The molecule has 4 heteroatoms. The highest BCUT2D eigenvalue weighted by Crippen LogP contribution is 2.11. The Kier molecular flexibility index (Phi) is 3.69. The van der Waals surface area contributed by atoms with Crippen molar-refractivity contribution in [2.45, 2.75) is 38.5 Å². The number of hydrogen-bond acceptors (Lipinski definition) is 4. The lowest BCUT2D eigenvalue weighted by Gasteiger charge is -2.12. The molecule has 0 aromatic heterocycles. The van der Waals surface area contributed by atoms with Gasteiger partial charge in [0.25, 0.3) is 0 Å². The standard InChI is InChI=1S/C9H17NO3/c1-6(2)13-9(11)8-4-7(12-3)5-10-8/h6-8,10H,4-5H2,1-3H3. The lowest BCUT2D eigenvalue weighted by Crippen LogP contribution is -2.33. The van der Waals surface area contributed by atoms with Crippen LogP contribution < -0.4 is 5.32 Å². The molecule has 76 valence electrons. The summed E-state index contributed by atoms with van der Waals surface area (Å²) in [7, 11) is 1.66. The van der Waals surface area contributed by atoms with Gasteiger partial charge in [-0.15, -0.1) is 0 Å². The molecule has 0 aromatic rings. The Bertz CT molecular complexity index is 182. The summed E-state index contributed by atoms with van der Waals surface area (Å²) in [6, 6.07) is -0.188. The SMILES string of the molecule is COC1CNC(C(=O)OC(C)C)C1. The van der Waals surface area contributed by atoms with Crippen molar-refractivity contribution in [2.75, 3.05) is 13.7 Å². The first-order chi connectivity index (χ1) is 6.13. The van der Waals surface area contributed by atoms with Gasteiger partial charge < -0.3 is 14.8 Å². The molecular weight excluding hydrogens is 170 g/mol. The van der Waals surface area contributed by atoms with E-state index in [9.17, 15) is 4.79 Å². The molecule has 0 spiro atoms. The number of ether oxygens (including phenoxy) is 2. The lowest BCUT2D eigenvalue weighted by molar-refractivity contribution is -0.149. The molecule has 0 aliphatic carbocycles. The van der Waals surface area contributed by atoms with Gasteiger partial charge in [0.05, 0.1) is 12.2 Å². The normalized spacial score (nSPS) is 28.0. The summed E-state index contributed by atoms with van der Waals surface area (Å²) < 4.78 is 10.2. The Hall–Kier alpha value is -0.610. The fourth-order valence-electron chi connectivity index (χ4n) is 1.38. The van der Waals surface area contributed by atoms with E-state index in [4.69, 9.17) is 9.47 Å². The molecule has 1 heterocycles. The van der Waals surface area contributed by atoms with Crippen molar-refractivity contribution >= 4 is 5.97 Å². The predicted molar refractivity (Wildman–Crippen MR) is 48.4 cm³/mol. The molecule has 1 fully saturated rings. The Morgan fingerprint density at radius 3 is 2.69 bits per heavy atom. The van der Waals surface area contributed by atoms with E-state index in [1.807, 2.05) is 13.8 Å². The molecule has 1 aliphatic heterocycles. The first-order valence-electron chi connectivity index (χ1n) is 4.60. The average molecular weight is 187 g/mol. The molecule has 2 atom stereocenters. The Morgan fingerprint density at radius 2 is 2.23 bits per heavy atom. The van der Waals surface area contributed by atoms with E-state index < -0.39 is 0 Å². The van der Waals surface area contributed by atoms with Crippen LogP contribution in [0.5, 0.6) is 0 Å². The van der Waals surface area contributed by atoms with Gasteiger partial charge in [0.1, 0.15) is 6.04 Å². The number of rotatable bonds is 3. The highest BCUT2D eigenvalue weighted by molar-refractivity contribution is 5.76. The third-order valence-corrected chi connectivity index (χ3v) is 2.06. The molecule has 0 aromatic carbocycles. The maximum atomic E-state index is 11.4. The first-order valence-corrected chi connectivity index (χ1v) is 4.60. The van der Waals surface area contributed by atoms with E-state index >= 15 is 0 Å². The fourth-order valence-corrected chi connectivity index (χ4v) is 1.38. The smallest absolute Gasteiger partial charge is 0.323 e. The van der Waals surface area contributed by atoms with Crippen molar-refractivity contribution in [3.8, 4) is 0 Å². The van der Waals surface area contributed by atoms with E-state index in [2.05, 4.69) is 5.32 Å². The zero-order chi connectivity index (χ0) is 9.84. The quantitative estimate of drug-likeness (QED) is 0.646. The van der Waals surface area contributed by atoms with Crippen LogP contribution in [0.15, 0.2) is 0 Å². The molecular formula is C9H17NO3. The van der Waals surface area contributed by atoms with Gasteiger partial charge >= 0.3 is 5.97 Å². The molecule has 1 saturated heterocycles. The number of methoxy groups -OCH3 is 1. The van der Waals surface area contributed by atoms with Gasteiger partial charge in [0.15, 0.2) is 0 Å². The highest BCUT2D eigenvalue weighted by atomic mass is 16.5. The predicted octanol–water partition coefficient (Wildman–Crippen LogP) is 0.315. The number of carbonyl (C=O) groups excluding carboxylic acids is 1. The molecule has 1 aliphatic rings. The van der Waals surface area contributed by atoms with Gasteiger partial charge in [-0.1, -0.05) is 0 Å². The van der Waals surface area contributed by atoms with E-state index in [0.29, 0.717) is 6.42 Å². The van der Waals surface area contributed by atoms with Crippen LogP contribution in [0.25, 0.3) is 0 Å². The topological polar surface area (TPSA) is 47.6 Å². The first kappa shape index (κ1) is 10.5. The third kappa shape index (κ3) is 2.97. The summed E-state index contributed by atoms with van der Waals surface area (Å²) >= 11 is 0. The van der Waals surface area contributed by atoms with Crippen molar-refractivity contribution in [3.05, 3.63) is 0 Å². The van der Waals surface area contributed by atoms with E-state index in [1.165, 1.54) is 0 Å². The van der Waals surface area contributed by atoms with Crippen molar-refractivity contribution in [3.63, 3.8) is 0 Å². The van der Waals surface area contributed by atoms with Crippen LogP contribution in [0.3, 0.4) is 0 Å². The number of nitrogens with one attached hydrogen (secondary N) is 1. The van der Waals surface area contributed by atoms with E-state index in [-0.39, 0.29) is 24.2 Å². The lowest BCUT2D eigenvalue weighted by atomic mass is 10.2. The van der Waals surface area contributed by atoms with E-state index in [0.717, 1.165) is 6.54 Å². The molecule has 4 nitrogen and oxygen atoms in total. The van der Waals surface area contributed by atoms with Gasteiger partial charge in [-0.25, -0.2) is 0 Å². The van der Waals surface area contributed by atoms with Gasteiger partial charge in [-0.05, 0) is 13.8 Å². The van der Waals surface area contributed by atoms with Crippen molar-refractivity contribution in [2.24, 2.45) is 0 Å². The van der Waals surface area contributed by atoms with Gasteiger partial charge in [0, 0.05) is 20.1 Å². The van der Waals surface area contributed by atoms with Crippen LogP contribution in [0.2, 0.25) is 0 Å². The second-order valence-electron chi connectivity index (χ2n) is 3.54. The Balaban J connectivity index is 2.33. The second-order valence-corrected chi connectivity index (χ2v) is 3.54. The zero-order valence-electron chi connectivity index (χ0n) is 8.37. The van der Waals surface area contributed by atoms with Crippen LogP contribution in [0.4, 0.5) is 0 Å². The van der Waals surface area contributed by atoms with Crippen molar-refractivity contribution in [1.29, 1.82) is 0 Å². The molecule has 0 saturated carbocycles. The Morgan fingerprint density at radius 1 is 1.54 bits per heavy atom. The fraction of sp³-hybridized carbons (Fsp3) is 0.889. The molecule has 2 unspecified atom stereocenters. The maximum absolute atomic E-state index is 11.4. The highest BCUT2D eigenvalue weighted by Gasteiger charge is 2.30. The summed E-state index contributed by atoms with van der Waals surface area (Å²) in [5, 5.41) is 3.06.